The lowest BCUT2D eigenvalue weighted by atomic mass is 9.81. The predicted molar refractivity (Wildman–Crippen MR) is 147 cm³/mol. The van der Waals surface area contributed by atoms with Crippen molar-refractivity contribution in [2.45, 2.75) is 59.3 Å². The van der Waals surface area contributed by atoms with E-state index in [1.165, 1.54) is 22.4 Å². The highest BCUT2D eigenvalue weighted by Crippen LogP contribution is 2.50. The lowest BCUT2D eigenvalue weighted by Crippen LogP contribution is -2.38. The topological polar surface area (TPSA) is 3.24 Å². The van der Waals surface area contributed by atoms with Crippen LogP contribution in [0.25, 0.3) is 22.3 Å². The van der Waals surface area contributed by atoms with Gasteiger partial charge < -0.3 is 4.90 Å². The van der Waals surface area contributed by atoms with Gasteiger partial charge in [-0.2, -0.15) is 0 Å². The molecule has 1 aliphatic carbocycles. The zero-order valence-corrected chi connectivity index (χ0v) is 21.0. The molecule has 4 aromatic carbocycles. The highest BCUT2D eigenvalue weighted by molar-refractivity contribution is 5.86. The van der Waals surface area contributed by atoms with Crippen molar-refractivity contribution in [3.05, 3.63) is 107 Å². The standard InChI is InChI=1S/C33H35N/c1-22-12-8-11-15-31(22)34(32(3,4)5)25-18-16-24(17-19-25)27-21-28-26-13-9-10-14-29(26)33(6,7)30(28)20-23(27)2/h8-21H,1-7H3/i2D3. The van der Waals surface area contributed by atoms with Gasteiger partial charge in [0.05, 0.1) is 0 Å². The van der Waals surface area contributed by atoms with Crippen molar-refractivity contribution in [3.8, 4) is 22.3 Å². The van der Waals surface area contributed by atoms with Crippen molar-refractivity contribution in [3.63, 3.8) is 0 Å². The predicted octanol–water partition coefficient (Wildman–Crippen LogP) is 9.21. The number of rotatable bonds is 3. The fourth-order valence-electron chi connectivity index (χ4n) is 5.48. The number of aryl methyl sites for hydroxylation is 2. The van der Waals surface area contributed by atoms with E-state index in [0.717, 1.165) is 27.9 Å². The largest absolute Gasteiger partial charge is 0.336 e. The fourth-order valence-corrected chi connectivity index (χ4v) is 5.48. The van der Waals surface area contributed by atoms with Gasteiger partial charge in [0.2, 0.25) is 0 Å². The van der Waals surface area contributed by atoms with E-state index in [2.05, 4.69) is 125 Å². The summed E-state index contributed by atoms with van der Waals surface area (Å²) in [6, 6.07) is 29.2. The summed E-state index contributed by atoms with van der Waals surface area (Å²) in [5.74, 6) is 0. The summed E-state index contributed by atoms with van der Waals surface area (Å²) >= 11 is 0. The Morgan fingerprint density at radius 1 is 0.706 bits per heavy atom. The lowest BCUT2D eigenvalue weighted by molar-refractivity contribution is 0.559. The minimum Gasteiger partial charge on any atom is -0.336 e. The summed E-state index contributed by atoms with van der Waals surface area (Å²) < 4.78 is 25.1. The molecule has 0 aromatic heterocycles. The van der Waals surface area contributed by atoms with E-state index in [1.54, 1.807) is 0 Å². The van der Waals surface area contributed by atoms with Gasteiger partial charge >= 0.3 is 0 Å². The summed E-state index contributed by atoms with van der Waals surface area (Å²) in [7, 11) is 0. The van der Waals surface area contributed by atoms with Gasteiger partial charge in [-0.15, -0.1) is 0 Å². The number of anilines is 2. The summed E-state index contributed by atoms with van der Waals surface area (Å²) in [5.41, 5.74) is 9.82. The van der Waals surface area contributed by atoms with Gasteiger partial charge in [-0.1, -0.05) is 74.5 Å². The fraction of sp³-hybridized carbons (Fsp3) is 0.273. The van der Waals surface area contributed by atoms with Crippen LogP contribution in [0.3, 0.4) is 0 Å². The SMILES string of the molecule is [2H]C([2H])([2H])c1cc2c(cc1-c1ccc(N(c3ccccc3C)C(C)(C)C)cc1)-c1ccccc1C2(C)C. The molecule has 0 saturated heterocycles. The smallest absolute Gasteiger partial charge is 0.0445 e. The first-order chi connectivity index (χ1) is 17.3. The van der Waals surface area contributed by atoms with E-state index in [-0.39, 0.29) is 11.0 Å². The van der Waals surface area contributed by atoms with Crippen LogP contribution >= 0.6 is 0 Å². The molecule has 1 heteroatoms. The van der Waals surface area contributed by atoms with Gasteiger partial charge in [0.1, 0.15) is 0 Å². The second-order valence-corrected chi connectivity index (χ2v) is 11.0. The Morgan fingerprint density at radius 2 is 1.38 bits per heavy atom. The molecule has 0 aliphatic heterocycles. The van der Waals surface area contributed by atoms with Gasteiger partial charge in [-0.25, -0.2) is 0 Å². The molecule has 0 saturated carbocycles. The van der Waals surface area contributed by atoms with E-state index in [9.17, 15) is 0 Å². The van der Waals surface area contributed by atoms with E-state index >= 15 is 0 Å². The average molecular weight is 449 g/mol. The van der Waals surface area contributed by atoms with Gasteiger partial charge in [0, 0.05) is 26.4 Å². The minimum atomic E-state index is -2.22. The quantitative estimate of drug-likeness (QED) is 0.302. The Morgan fingerprint density at radius 3 is 2.06 bits per heavy atom. The maximum Gasteiger partial charge on any atom is 0.0445 e. The first-order valence-corrected chi connectivity index (χ1v) is 12.1. The molecule has 0 heterocycles. The van der Waals surface area contributed by atoms with E-state index in [4.69, 9.17) is 4.11 Å². The third-order valence-electron chi connectivity index (χ3n) is 7.19. The number of hydrogen-bond donors (Lipinski definition) is 0. The van der Waals surface area contributed by atoms with Crippen LogP contribution in [0.1, 0.15) is 61.0 Å². The molecule has 0 unspecified atom stereocenters. The molecular formula is C33H35N. The summed E-state index contributed by atoms with van der Waals surface area (Å²) in [4.78, 5) is 2.35. The number of benzene rings is 4. The molecule has 1 aliphatic rings. The van der Waals surface area contributed by atoms with Crippen molar-refractivity contribution in [2.75, 3.05) is 4.90 Å². The molecule has 0 N–H and O–H groups in total. The highest BCUT2D eigenvalue weighted by atomic mass is 15.2. The Labute approximate surface area is 209 Å². The van der Waals surface area contributed by atoms with Crippen LogP contribution in [0.4, 0.5) is 11.4 Å². The highest BCUT2D eigenvalue weighted by Gasteiger charge is 2.35. The maximum atomic E-state index is 8.37. The number of nitrogens with zero attached hydrogens (tertiary/aromatic N) is 1. The van der Waals surface area contributed by atoms with Crippen LogP contribution in [-0.2, 0) is 5.41 Å². The molecule has 4 aromatic rings. The van der Waals surface area contributed by atoms with Gasteiger partial charge in [0.15, 0.2) is 0 Å². The summed E-state index contributed by atoms with van der Waals surface area (Å²) in [6.07, 6.45) is 0. The Bertz CT molecular complexity index is 1470. The van der Waals surface area contributed by atoms with E-state index in [1.807, 2.05) is 6.07 Å². The average Bonchev–Trinajstić information content (AvgIpc) is 3.05. The molecule has 34 heavy (non-hydrogen) atoms. The molecular weight excluding hydrogens is 410 g/mol. The van der Waals surface area contributed by atoms with Gasteiger partial charge in [-0.3, -0.25) is 0 Å². The zero-order chi connectivity index (χ0) is 26.8. The minimum absolute atomic E-state index is 0.139. The van der Waals surface area contributed by atoms with Gasteiger partial charge in [-0.05, 0) is 103 Å². The van der Waals surface area contributed by atoms with Crippen LogP contribution in [0, 0.1) is 13.8 Å². The van der Waals surface area contributed by atoms with Crippen molar-refractivity contribution in [1.29, 1.82) is 0 Å². The second-order valence-electron chi connectivity index (χ2n) is 11.0. The van der Waals surface area contributed by atoms with E-state index in [0.29, 0.717) is 5.56 Å². The zero-order valence-electron chi connectivity index (χ0n) is 24.0. The number of hydrogen-bond acceptors (Lipinski definition) is 1. The third-order valence-corrected chi connectivity index (χ3v) is 7.19. The monoisotopic (exact) mass is 448 g/mol. The summed E-state index contributed by atoms with van der Waals surface area (Å²) in [5, 5.41) is 0. The normalized spacial score (nSPS) is 15.6. The van der Waals surface area contributed by atoms with E-state index < -0.39 is 6.85 Å². The summed E-state index contributed by atoms with van der Waals surface area (Å²) in [6.45, 7) is 10.9. The molecule has 0 fully saturated rings. The van der Waals surface area contributed by atoms with Crippen LogP contribution in [0.15, 0.2) is 84.9 Å². The molecule has 0 radical (unpaired) electrons. The van der Waals surface area contributed by atoms with Crippen LogP contribution in [0.2, 0.25) is 0 Å². The van der Waals surface area contributed by atoms with Crippen LogP contribution < -0.4 is 4.90 Å². The Hall–Kier alpha value is -3.32. The van der Waals surface area contributed by atoms with Crippen molar-refractivity contribution in [1.82, 2.24) is 0 Å². The molecule has 1 nitrogen and oxygen atoms in total. The van der Waals surface area contributed by atoms with Crippen molar-refractivity contribution >= 4 is 11.4 Å². The number of fused-ring (bicyclic) bond motifs is 3. The van der Waals surface area contributed by atoms with Crippen molar-refractivity contribution in [2.24, 2.45) is 0 Å². The molecule has 0 spiro atoms. The van der Waals surface area contributed by atoms with Gasteiger partial charge in [0.25, 0.3) is 0 Å². The molecule has 0 atom stereocenters. The first-order valence-electron chi connectivity index (χ1n) is 13.6. The maximum absolute atomic E-state index is 8.37. The molecule has 0 amide bonds. The Balaban J connectivity index is 1.66. The molecule has 172 valence electrons. The lowest BCUT2D eigenvalue weighted by Gasteiger charge is -2.39. The molecule has 5 rings (SSSR count). The third kappa shape index (κ3) is 3.55. The van der Waals surface area contributed by atoms with Crippen molar-refractivity contribution < 1.29 is 4.11 Å². The van der Waals surface area contributed by atoms with Crippen LogP contribution in [-0.4, -0.2) is 5.54 Å². The second kappa shape index (κ2) is 7.87. The number of para-hydroxylation sites is 1. The first kappa shape index (κ1) is 19.0. The van der Waals surface area contributed by atoms with Crippen LogP contribution in [0.5, 0.6) is 0 Å². The Kier molecular flexibility index (Phi) is 4.41. The molecule has 0 bridgehead atoms.